The van der Waals surface area contributed by atoms with Crippen LogP contribution >= 0.6 is 11.8 Å². The van der Waals surface area contributed by atoms with Gasteiger partial charge in [0.15, 0.2) is 11.0 Å². The van der Waals surface area contributed by atoms with Crippen molar-refractivity contribution in [1.29, 1.82) is 0 Å². The summed E-state index contributed by atoms with van der Waals surface area (Å²) >= 11 is 1.31. The Morgan fingerprint density at radius 2 is 1.72 bits per heavy atom. The molecule has 8 heteroatoms. The van der Waals surface area contributed by atoms with Gasteiger partial charge in [0.25, 0.3) is 5.91 Å². The first-order valence-corrected chi connectivity index (χ1v) is 11.4. The largest absolute Gasteiger partial charge is 0.342 e. The summed E-state index contributed by atoms with van der Waals surface area (Å²) in [4.78, 5) is 25.0. The highest BCUT2D eigenvalue weighted by Gasteiger charge is 2.19. The Kier molecular flexibility index (Phi) is 7.35. The van der Waals surface area contributed by atoms with Gasteiger partial charge >= 0.3 is 0 Å². The average Bonchev–Trinajstić information content (AvgIpc) is 3.09. The molecule has 32 heavy (non-hydrogen) atoms. The van der Waals surface area contributed by atoms with Crippen molar-refractivity contribution in [2.75, 3.05) is 11.1 Å². The molecule has 0 bridgehead atoms. The zero-order chi connectivity index (χ0) is 23.4. The Morgan fingerprint density at radius 3 is 2.38 bits per heavy atom. The Morgan fingerprint density at radius 1 is 1.03 bits per heavy atom. The number of aromatic nitrogens is 3. The normalized spacial score (nSPS) is 11.8. The van der Waals surface area contributed by atoms with Gasteiger partial charge in [-0.2, -0.15) is 0 Å². The summed E-state index contributed by atoms with van der Waals surface area (Å²) in [5.41, 5.74) is 5.74. The average molecular weight is 452 g/mol. The Balaban J connectivity index is 1.61. The summed E-state index contributed by atoms with van der Waals surface area (Å²) in [7, 11) is 1.83. The van der Waals surface area contributed by atoms with Gasteiger partial charge in [0.1, 0.15) is 0 Å². The van der Waals surface area contributed by atoms with Crippen LogP contribution in [0.5, 0.6) is 0 Å². The second kappa shape index (κ2) is 9.99. The number of carbonyl (C=O) groups excluding carboxylic acids is 2. The minimum Gasteiger partial charge on any atom is -0.342 e. The zero-order valence-corrected chi connectivity index (χ0v) is 20.1. The number of thioether (sulfide) groups is 1. The Hall–Kier alpha value is -3.13. The number of nitrogens with one attached hydrogen (secondary N) is 2. The van der Waals surface area contributed by atoms with E-state index in [-0.39, 0.29) is 23.6 Å². The van der Waals surface area contributed by atoms with Crippen LogP contribution in [-0.4, -0.2) is 32.3 Å². The molecule has 1 aromatic heterocycles. The molecular formula is C24H29N5O2S. The van der Waals surface area contributed by atoms with Crippen LogP contribution in [0.3, 0.4) is 0 Å². The molecule has 3 aromatic rings. The summed E-state index contributed by atoms with van der Waals surface area (Å²) < 4.78 is 1.81. The van der Waals surface area contributed by atoms with E-state index in [2.05, 4.69) is 33.0 Å². The molecule has 2 amide bonds. The van der Waals surface area contributed by atoms with Crippen LogP contribution in [0, 0.1) is 27.7 Å². The number of rotatable bonds is 7. The first-order chi connectivity index (χ1) is 15.2. The second-order valence-corrected chi connectivity index (χ2v) is 9.02. The number of amides is 2. The van der Waals surface area contributed by atoms with Crippen molar-refractivity contribution in [2.45, 2.75) is 45.8 Å². The molecule has 1 heterocycles. The number of nitrogens with zero attached hydrogens (tertiary/aromatic N) is 3. The molecule has 0 aliphatic heterocycles. The van der Waals surface area contributed by atoms with E-state index in [0.717, 1.165) is 22.4 Å². The van der Waals surface area contributed by atoms with E-state index in [1.54, 1.807) is 6.07 Å². The minimum absolute atomic E-state index is 0.101. The van der Waals surface area contributed by atoms with E-state index in [4.69, 9.17) is 0 Å². The summed E-state index contributed by atoms with van der Waals surface area (Å²) in [6.45, 7) is 9.83. The van der Waals surface area contributed by atoms with Crippen molar-refractivity contribution in [2.24, 2.45) is 7.05 Å². The molecular weight excluding hydrogens is 422 g/mol. The number of carbonyl (C=O) groups is 2. The molecule has 7 nitrogen and oxygen atoms in total. The summed E-state index contributed by atoms with van der Waals surface area (Å²) in [6.07, 6.45) is 0. The first-order valence-electron chi connectivity index (χ1n) is 10.4. The van der Waals surface area contributed by atoms with Crippen molar-refractivity contribution in [3.63, 3.8) is 0 Å². The van der Waals surface area contributed by atoms with Gasteiger partial charge in [-0.1, -0.05) is 47.2 Å². The fraction of sp³-hybridized carbons (Fsp3) is 0.333. The molecule has 0 fully saturated rings. The van der Waals surface area contributed by atoms with Crippen molar-refractivity contribution in [3.05, 3.63) is 70.0 Å². The molecule has 1 atom stereocenters. The fourth-order valence-electron chi connectivity index (χ4n) is 3.64. The van der Waals surface area contributed by atoms with Gasteiger partial charge in [-0.25, -0.2) is 0 Å². The summed E-state index contributed by atoms with van der Waals surface area (Å²) in [5.74, 6) is 0.569. The van der Waals surface area contributed by atoms with E-state index in [1.165, 1.54) is 17.3 Å². The van der Waals surface area contributed by atoms with Crippen LogP contribution in [0.2, 0.25) is 0 Å². The summed E-state index contributed by atoms with van der Waals surface area (Å²) in [5, 5.41) is 15.0. The van der Waals surface area contributed by atoms with Gasteiger partial charge in [-0.05, 0) is 57.9 Å². The fourth-order valence-corrected chi connectivity index (χ4v) is 4.36. The first kappa shape index (κ1) is 23.5. The topological polar surface area (TPSA) is 88.9 Å². The van der Waals surface area contributed by atoms with Crippen LogP contribution in [0.25, 0.3) is 0 Å². The molecule has 0 aliphatic rings. The van der Waals surface area contributed by atoms with Gasteiger partial charge in [0.05, 0.1) is 11.8 Å². The van der Waals surface area contributed by atoms with E-state index in [0.29, 0.717) is 16.5 Å². The third-order valence-corrected chi connectivity index (χ3v) is 6.18. The van der Waals surface area contributed by atoms with Crippen molar-refractivity contribution < 1.29 is 9.59 Å². The van der Waals surface area contributed by atoms with Crippen LogP contribution < -0.4 is 10.6 Å². The zero-order valence-electron chi connectivity index (χ0n) is 19.3. The lowest BCUT2D eigenvalue weighted by Crippen LogP contribution is -2.28. The molecule has 1 unspecified atom stereocenters. The number of aryl methyl sites for hydroxylation is 4. The highest BCUT2D eigenvalue weighted by Crippen LogP contribution is 2.23. The van der Waals surface area contributed by atoms with Gasteiger partial charge in [0, 0.05) is 18.3 Å². The molecule has 3 rings (SSSR count). The maximum Gasteiger partial charge on any atom is 0.251 e. The molecule has 0 spiro atoms. The molecule has 0 radical (unpaired) electrons. The molecule has 2 N–H and O–H groups in total. The summed E-state index contributed by atoms with van der Waals surface area (Å²) in [6, 6.07) is 11.2. The molecule has 168 valence electrons. The third kappa shape index (κ3) is 5.56. The SMILES string of the molecule is Cc1cccc(C(=O)NC(C)c2nnc(SCC(=O)Nc3c(C)cc(C)cc3C)n2C)c1. The van der Waals surface area contributed by atoms with E-state index in [1.807, 2.05) is 64.4 Å². The quantitative estimate of drug-likeness (QED) is 0.524. The third-order valence-electron chi connectivity index (χ3n) is 5.16. The van der Waals surface area contributed by atoms with Crippen molar-refractivity contribution in [1.82, 2.24) is 20.1 Å². The standard InChI is InChI=1S/C24H29N5O2S/c1-14-8-7-9-19(12-14)23(31)25-18(5)22-27-28-24(29(22)6)32-13-20(30)26-21-16(3)10-15(2)11-17(21)4/h7-12,18H,13H2,1-6H3,(H,25,31)(H,26,30). The second-order valence-electron chi connectivity index (χ2n) is 8.07. The lowest BCUT2D eigenvalue weighted by atomic mass is 10.1. The minimum atomic E-state index is -0.332. The lowest BCUT2D eigenvalue weighted by molar-refractivity contribution is -0.113. The predicted octanol–water partition coefficient (Wildman–Crippen LogP) is 4.27. The lowest BCUT2D eigenvalue weighted by Gasteiger charge is -2.14. The number of benzene rings is 2. The van der Waals surface area contributed by atoms with Crippen LogP contribution in [0.15, 0.2) is 41.6 Å². The molecule has 0 saturated heterocycles. The molecule has 0 aliphatic carbocycles. The number of anilines is 1. The number of hydrogen-bond acceptors (Lipinski definition) is 5. The van der Waals surface area contributed by atoms with Crippen molar-refractivity contribution >= 4 is 29.3 Å². The van der Waals surface area contributed by atoms with Gasteiger partial charge in [-0.15, -0.1) is 10.2 Å². The Bertz CT molecular complexity index is 1130. The Labute approximate surface area is 193 Å². The van der Waals surface area contributed by atoms with Crippen molar-refractivity contribution in [3.8, 4) is 0 Å². The predicted molar refractivity (Wildman–Crippen MR) is 128 cm³/mol. The maximum absolute atomic E-state index is 12.5. The van der Waals surface area contributed by atoms with Crippen LogP contribution in [0.1, 0.15) is 51.4 Å². The molecule has 2 aromatic carbocycles. The van der Waals surface area contributed by atoms with Gasteiger partial charge < -0.3 is 15.2 Å². The monoisotopic (exact) mass is 451 g/mol. The molecule has 0 saturated carbocycles. The van der Waals surface area contributed by atoms with E-state index < -0.39 is 0 Å². The van der Waals surface area contributed by atoms with Gasteiger partial charge in [-0.3, -0.25) is 9.59 Å². The van der Waals surface area contributed by atoms with Gasteiger partial charge in [0.2, 0.25) is 5.91 Å². The maximum atomic E-state index is 12.5. The van der Waals surface area contributed by atoms with Crippen LogP contribution in [-0.2, 0) is 11.8 Å². The van der Waals surface area contributed by atoms with Crippen LogP contribution in [0.4, 0.5) is 5.69 Å². The number of hydrogen-bond donors (Lipinski definition) is 2. The highest BCUT2D eigenvalue weighted by atomic mass is 32.2. The van der Waals surface area contributed by atoms with E-state index in [9.17, 15) is 9.59 Å². The smallest absolute Gasteiger partial charge is 0.251 e. The van der Waals surface area contributed by atoms with E-state index >= 15 is 0 Å². The highest BCUT2D eigenvalue weighted by molar-refractivity contribution is 7.99.